The summed E-state index contributed by atoms with van der Waals surface area (Å²) in [6.45, 7) is 1.87. The highest BCUT2D eigenvalue weighted by atomic mass is 35.5. The van der Waals surface area contributed by atoms with E-state index >= 15 is 0 Å². The van der Waals surface area contributed by atoms with Gasteiger partial charge in [-0.2, -0.15) is 13.2 Å². The lowest BCUT2D eigenvalue weighted by molar-refractivity contribution is -0.127. The van der Waals surface area contributed by atoms with E-state index in [0.717, 1.165) is 32.4 Å². The van der Waals surface area contributed by atoms with Gasteiger partial charge >= 0.3 is 6.18 Å². The predicted molar refractivity (Wildman–Crippen MR) is 84.7 cm³/mol. The number of piperidine rings is 1. The molecule has 2 fully saturated rings. The Morgan fingerprint density at radius 2 is 2.00 bits per heavy atom. The summed E-state index contributed by atoms with van der Waals surface area (Å²) in [4.78, 5) is 12.3. The van der Waals surface area contributed by atoms with Gasteiger partial charge in [-0.25, -0.2) is 0 Å². The first-order chi connectivity index (χ1) is 10.4. The molecule has 1 heterocycles. The van der Waals surface area contributed by atoms with E-state index < -0.39 is 12.6 Å². The van der Waals surface area contributed by atoms with Crippen molar-refractivity contribution < 1.29 is 18.0 Å². The Bertz CT molecular complexity index is 571. The van der Waals surface area contributed by atoms with Gasteiger partial charge in [-0.15, -0.1) is 12.4 Å². The van der Waals surface area contributed by atoms with Crippen LogP contribution in [0.2, 0.25) is 0 Å². The second-order valence-corrected chi connectivity index (χ2v) is 6.35. The molecule has 0 aromatic heterocycles. The van der Waals surface area contributed by atoms with Crippen LogP contribution in [0.5, 0.6) is 0 Å². The van der Waals surface area contributed by atoms with Gasteiger partial charge < -0.3 is 10.6 Å². The zero-order chi connectivity index (χ0) is 15.8. The molecule has 2 aliphatic rings. The van der Waals surface area contributed by atoms with Gasteiger partial charge in [0.05, 0.1) is 6.42 Å². The molecule has 7 heteroatoms. The summed E-state index contributed by atoms with van der Waals surface area (Å²) in [5.74, 6) is -0.0630. The van der Waals surface area contributed by atoms with Gasteiger partial charge in [0.2, 0.25) is 5.91 Å². The molecule has 1 saturated carbocycles. The second-order valence-electron chi connectivity index (χ2n) is 6.35. The largest absolute Gasteiger partial charge is 0.393 e. The van der Waals surface area contributed by atoms with Gasteiger partial charge in [0, 0.05) is 11.6 Å². The number of halogens is 4. The Kier molecular flexibility index (Phi) is 5.26. The van der Waals surface area contributed by atoms with E-state index in [1.165, 1.54) is 12.1 Å². The molecule has 1 spiro atoms. The SMILES string of the molecule is Cl.O=C(Nc1cccc(CC(F)(F)F)c1)C1CC12CCNCC2. The normalized spacial score (nSPS) is 22.3. The molecule has 0 bridgehead atoms. The molecular weight excluding hydrogens is 329 g/mol. The molecule has 2 N–H and O–H groups in total. The van der Waals surface area contributed by atoms with Gasteiger partial charge in [-0.3, -0.25) is 4.79 Å². The minimum atomic E-state index is -4.24. The quantitative estimate of drug-likeness (QED) is 0.877. The summed E-state index contributed by atoms with van der Waals surface area (Å²) in [6, 6.07) is 6.01. The third-order valence-corrected chi connectivity index (χ3v) is 4.70. The lowest BCUT2D eigenvalue weighted by Crippen LogP contribution is -2.31. The summed E-state index contributed by atoms with van der Waals surface area (Å²) in [6.07, 6.45) is -2.32. The summed E-state index contributed by atoms with van der Waals surface area (Å²) in [7, 11) is 0. The van der Waals surface area contributed by atoms with Crippen molar-refractivity contribution in [3.63, 3.8) is 0 Å². The van der Waals surface area contributed by atoms with Crippen LogP contribution in [0.1, 0.15) is 24.8 Å². The minimum Gasteiger partial charge on any atom is -0.326 e. The van der Waals surface area contributed by atoms with E-state index in [9.17, 15) is 18.0 Å². The van der Waals surface area contributed by atoms with Crippen LogP contribution in [0, 0.1) is 11.3 Å². The molecule has 1 saturated heterocycles. The van der Waals surface area contributed by atoms with Crippen molar-refractivity contribution >= 4 is 24.0 Å². The van der Waals surface area contributed by atoms with Crippen LogP contribution in [0.3, 0.4) is 0 Å². The Morgan fingerprint density at radius 3 is 2.65 bits per heavy atom. The number of carbonyl (C=O) groups excluding carboxylic acids is 1. The number of hydrogen-bond acceptors (Lipinski definition) is 2. The highest BCUT2D eigenvalue weighted by Gasteiger charge is 2.57. The van der Waals surface area contributed by atoms with Crippen LogP contribution in [0.15, 0.2) is 24.3 Å². The van der Waals surface area contributed by atoms with Crippen LogP contribution in [-0.2, 0) is 11.2 Å². The molecule has 1 amide bonds. The minimum absolute atomic E-state index is 0. The second kappa shape index (κ2) is 6.69. The number of hydrogen-bond donors (Lipinski definition) is 2. The monoisotopic (exact) mass is 348 g/mol. The van der Waals surface area contributed by atoms with Crippen LogP contribution in [0.25, 0.3) is 0 Å². The molecule has 128 valence electrons. The lowest BCUT2D eigenvalue weighted by atomic mass is 9.92. The maximum Gasteiger partial charge on any atom is 0.393 e. The van der Waals surface area contributed by atoms with Gasteiger partial charge in [-0.05, 0) is 55.5 Å². The van der Waals surface area contributed by atoms with E-state index in [1.807, 2.05) is 0 Å². The first-order valence-corrected chi connectivity index (χ1v) is 7.55. The highest BCUT2D eigenvalue weighted by molar-refractivity contribution is 5.95. The van der Waals surface area contributed by atoms with Crippen molar-refractivity contribution in [2.75, 3.05) is 18.4 Å². The molecule has 1 aliphatic carbocycles. The number of anilines is 1. The van der Waals surface area contributed by atoms with E-state index in [0.29, 0.717) is 5.69 Å². The number of alkyl halides is 3. The van der Waals surface area contributed by atoms with Gasteiger partial charge in [0.1, 0.15) is 0 Å². The predicted octanol–water partition coefficient (Wildman–Crippen LogP) is 3.54. The summed E-state index contributed by atoms with van der Waals surface area (Å²) < 4.78 is 37.3. The van der Waals surface area contributed by atoms with Crippen molar-refractivity contribution in [2.24, 2.45) is 11.3 Å². The lowest BCUT2D eigenvalue weighted by Gasteiger charge is -2.23. The molecule has 1 aromatic rings. The average Bonchev–Trinajstić information content (AvgIpc) is 3.11. The third kappa shape index (κ3) is 4.38. The molecule has 23 heavy (non-hydrogen) atoms. The fourth-order valence-electron chi connectivity index (χ4n) is 3.42. The maximum absolute atomic E-state index is 12.4. The standard InChI is InChI=1S/C16H19F3N2O.ClH/c17-16(18,19)9-11-2-1-3-12(8-11)21-14(22)13-10-15(13)4-6-20-7-5-15;/h1-3,8,13,20H,4-7,9-10H2,(H,21,22);1H. The topological polar surface area (TPSA) is 41.1 Å². The third-order valence-electron chi connectivity index (χ3n) is 4.70. The van der Waals surface area contributed by atoms with Gasteiger partial charge in [0.15, 0.2) is 0 Å². The molecule has 1 unspecified atom stereocenters. The average molecular weight is 349 g/mol. The highest BCUT2D eigenvalue weighted by Crippen LogP contribution is 2.58. The molecule has 0 radical (unpaired) electrons. The zero-order valence-electron chi connectivity index (χ0n) is 12.6. The van der Waals surface area contributed by atoms with E-state index in [2.05, 4.69) is 10.6 Å². The van der Waals surface area contributed by atoms with Crippen molar-refractivity contribution in [3.05, 3.63) is 29.8 Å². The smallest absolute Gasteiger partial charge is 0.326 e. The first kappa shape index (κ1) is 18.1. The Balaban J connectivity index is 0.00000192. The van der Waals surface area contributed by atoms with E-state index in [1.54, 1.807) is 12.1 Å². The van der Waals surface area contributed by atoms with Gasteiger partial charge in [-0.1, -0.05) is 12.1 Å². The molecule has 1 atom stereocenters. The van der Waals surface area contributed by atoms with Crippen LogP contribution >= 0.6 is 12.4 Å². The fourth-order valence-corrected chi connectivity index (χ4v) is 3.42. The summed E-state index contributed by atoms with van der Waals surface area (Å²) >= 11 is 0. The number of amides is 1. The van der Waals surface area contributed by atoms with Crippen LogP contribution in [-0.4, -0.2) is 25.2 Å². The Morgan fingerprint density at radius 1 is 1.30 bits per heavy atom. The van der Waals surface area contributed by atoms with Crippen LogP contribution in [0.4, 0.5) is 18.9 Å². The zero-order valence-corrected chi connectivity index (χ0v) is 13.4. The number of carbonyl (C=O) groups is 1. The maximum atomic E-state index is 12.4. The van der Waals surface area contributed by atoms with Crippen molar-refractivity contribution in [2.45, 2.75) is 31.9 Å². The van der Waals surface area contributed by atoms with E-state index in [-0.39, 0.29) is 35.2 Å². The van der Waals surface area contributed by atoms with Crippen molar-refractivity contribution in [1.29, 1.82) is 0 Å². The van der Waals surface area contributed by atoms with E-state index in [4.69, 9.17) is 0 Å². The first-order valence-electron chi connectivity index (χ1n) is 7.55. The molecule has 1 aliphatic heterocycles. The number of rotatable bonds is 3. The van der Waals surface area contributed by atoms with Gasteiger partial charge in [0.25, 0.3) is 0 Å². The van der Waals surface area contributed by atoms with Crippen molar-refractivity contribution in [3.8, 4) is 0 Å². The molecular formula is C16H20ClF3N2O. The fraction of sp³-hybridized carbons (Fsp3) is 0.562. The molecule has 3 rings (SSSR count). The van der Waals surface area contributed by atoms with Crippen molar-refractivity contribution in [1.82, 2.24) is 5.32 Å². The van der Waals surface area contributed by atoms with Crippen LogP contribution < -0.4 is 10.6 Å². The Labute approximate surface area is 139 Å². The summed E-state index contributed by atoms with van der Waals surface area (Å²) in [5, 5.41) is 6.06. The molecule has 3 nitrogen and oxygen atoms in total. The summed E-state index contributed by atoms with van der Waals surface area (Å²) in [5.41, 5.74) is 0.735. The number of nitrogens with one attached hydrogen (secondary N) is 2. The molecule has 1 aromatic carbocycles. The number of benzene rings is 1. The Hall–Kier alpha value is -1.27.